The summed E-state index contributed by atoms with van der Waals surface area (Å²) in [4.78, 5) is 52.4. The summed E-state index contributed by atoms with van der Waals surface area (Å²) in [7, 11) is 0. The molecule has 0 bridgehead atoms. The first-order valence-corrected chi connectivity index (χ1v) is 14.8. The molecule has 1 fully saturated rings. The molecule has 16 heteroatoms. The van der Waals surface area contributed by atoms with E-state index in [1.54, 1.807) is 23.3 Å². The molecule has 4 aromatic rings. The molecule has 0 unspecified atom stereocenters. The molecule has 1 saturated heterocycles. The van der Waals surface area contributed by atoms with Crippen molar-refractivity contribution in [3.8, 4) is 5.75 Å². The van der Waals surface area contributed by atoms with Crippen LogP contribution in [0.3, 0.4) is 0 Å². The van der Waals surface area contributed by atoms with Crippen LogP contribution in [0.1, 0.15) is 39.6 Å². The maximum atomic E-state index is 14.0. The Morgan fingerprint density at radius 1 is 1.09 bits per heavy atom. The van der Waals surface area contributed by atoms with Crippen molar-refractivity contribution in [2.24, 2.45) is 0 Å². The Morgan fingerprint density at radius 2 is 1.81 bits per heavy atom. The Morgan fingerprint density at radius 3 is 2.47 bits per heavy atom. The zero-order chi connectivity index (χ0) is 33.5. The molecule has 246 valence electrons. The molecule has 0 spiro atoms. The number of benzene rings is 1. The van der Waals surface area contributed by atoms with E-state index in [4.69, 9.17) is 4.74 Å². The van der Waals surface area contributed by atoms with Gasteiger partial charge in [0.15, 0.2) is 5.82 Å². The summed E-state index contributed by atoms with van der Waals surface area (Å²) in [6.07, 6.45) is -0.915. The molecule has 2 aliphatic rings. The zero-order valence-corrected chi connectivity index (χ0v) is 25.5. The average Bonchev–Trinajstić information content (AvgIpc) is 3.51. The highest BCUT2D eigenvalue weighted by molar-refractivity contribution is 5.97. The number of hydrogen-bond acceptors (Lipinski definition) is 9. The van der Waals surface area contributed by atoms with Crippen molar-refractivity contribution in [1.29, 1.82) is 0 Å². The molecule has 6 rings (SSSR count). The summed E-state index contributed by atoms with van der Waals surface area (Å²) in [6, 6.07) is 5.61. The van der Waals surface area contributed by atoms with Gasteiger partial charge >= 0.3 is 6.18 Å². The van der Waals surface area contributed by atoms with Gasteiger partial charge in [-0.25, -0.2) is 0 Å². The van der Waals surface area contributed by atoms with E-state index in [1.807, 2.05) is 11.0 Å². The number of ether oxygens (including phenoxy) is 1. The monoisotopic (exact) mass is 652 g/mol. The summed E-state index contributed by atoms with van der Waals surface area (Å²) >= 11 is 0. The number of hydrogen-bond donors (Lipinski definition) is 2. The molecular weight excluding hydrogens is 621 g/mol. The van der Waals surface area contributed by atoms with Gasteiger partial charge < -0.3 is 29.5 Å². The predicted octanol–water partition coefficient (Wildman–Crippen LogP) is 3.03. The van der Waals surface area contributed by atoms with Crippen molar-refractivity contribution in [1.82, 2.24) is 29.0 Å². The topological polar surface area (TPSA) is 147 Å². The van der Waals surface area contributed by atoms with Crippen molar-refractivity contribution in [2.45, 2.75) is 33.0 Å². The molecule has 47 heavy (non-hydrogen) atoms. The maximum Gasteiger partial charge on any atom is 0.416 e. The largest absolute Gasteiger partial charge is 0.505 e. The van der Waals surface area contributed by atoms with Crippen LogP contribution >= 0.6 is 0 Å². The van der Waals surface area contributed by atoms with Crippen molar-refractivity contribution in [2.75, 3.05) is 49.6 Å². The third-order valence-corrected chi connectivity index (χ3v) is 8.16. The van der Waals surface area contributed by atoms with Crippen LogP contribution < -0.4 is 15.8 Å². The van der Waals surface area contributed by atoms with Crippen LogP contribution in [0, 0.1) is 13.8 Å². The number of carbonyl (C=O) groups is 2. The molecule has 2 aliphatic heterocycles. The minimum atomic E-state index is -4.51. The highest BCUT2D eigenvalue weighted by Crippen LogP contribution is 2.30. The van der Waals surface area contributed by atoms with Crippen molar-refractivity contribution >= 4 is 34.5 Å². The second kappa shape index (κ2) is 12.5. The number of nitrogens with one attached hydrogen (secondary N) is 1. The van der Waals surface area contributed by atoms with E-state index in [0.29, 0.717) is 36.8 Å². The molecule has 2 N–H and O–H groups in total. The van der Waals surface area contributed by atoms with Gasteiger partial charge in [0.1, 0.15) is 18.0 Å². The van der Waals surface area contributed by atoms with Gasteiger partial charge in [-0.2, -0.15) is 22.7 Å². The molecule has 0 aliphatic carbocycles. The second-order valence-electron chi connectivity index (χ2n) is 11.3. The first kappa shape index (κ1) is 31.7. The smallest absolute Gasteiger partial charge is 0.416 e. The van der Waals surface area contributed by atoms with Gasteiger partial charge in [0.05, 0.1) is 30.5 Å². The fourth-order valence-corrected chi connectivity index (χ4v) is 5.68. The third-order valence-electron chi connectivity index (χ3n) is 8.16. The van der Waals surface area contributed by atoms with E-state index in [2.05, 4.69) is 20.4 Å². The maximum absolute atomic E-state index is 14.0. The molecule has 0 saturated carbocycles. The van der Waals surface area contributed by atoms with Gasteiger partial charge in [0.25, 0.3) is 11.5 Å². The fourth-order valence-electron chi connectivity index (χ4n) is 5.68. The van der Waals surface area contributed by atoms with Crippen LogP contribution in [0.2, 0.25) is 0 Å². The Balaban J connectivity index is 1.31. The molecule has 2 amide bonds. The zero-order valence-electron chi connectivity index (χ0n) is 25.5. The van der Waals surface area contributed by atoms with E-state index < -0.39 is 23.2 Å². The first-order valence-electron chi connectivity index (χ1n) is 14.8. The Labute approximate surface area is 265 Å². The standard InChI is InChI=1S/C31H31F3N8O5/c1-18-15-23(24(43)16-35-18)28(45)40-11-9-39(10-12-40)26-19(2)41(17-25(44)36-22-5-3-21(4-6-22)31(32,33)34)30-37-27(38-42(30)29(26)46)20-7-13-47-14-8-20/h3-7,15-16,43H,8-14,17H2,1-2H3,(H,36,44). The number of aromatic hydroxyl groups is 1. The number of nitrogens with zero attached hydrogens (tertiary/aromatic N) is 7. The molecule has 5 heterocycles. The minimum Gasteiger partial charge on any atom is -0.505 e. The molecule has 3 aromatic heterocycles. The van der Waals surface area contributed by atoms with Crippen LogP contribution in [0.4, 0.5) is 24.5 Å². The molecule has 0 atom stereocenters. The highest BCUT2D eigenvalue weighted by Gasteiger charge is 2.31. The number of aryl methyl sites for hydroxylation is 1. The number of fused-ring (bicyclic) bond motifs is 1. The van der Waals surface area contributed by atoms with Gasteiger partial charge in [-0.05, 0) is 56.2 Å². The normalized spacial score (nSPS) is 15.6. The quantitative estimate of drug-likeness (QED) is 0.321. The number of piperazine rings is 1. The van der Waals surface area contributed by atoms with Crippen LogP contribution in [-0.4, -0.2) is 85.4 Å². The van der Waals surface area contributed by atoms with Crippen molar-refractivity contribution in [3.63, 3.8) is 0 Å². The minimum absolute atomic E-state index is 0.124. The summed E-state index contributed by atoms with van der Waals surface area (Å²) < 4.78 is 47.1. The second-order valence-corrected chi connectivity index (χ2v) is 11.3. The van der Waals surface area contributed by atoms with Crippen molar-refractivity contribution in [3.05, 3.63) is 81.3 Å². The number of aromatic nitrogens is 5. The van der Waals surface area contributed by atoms with E-state index >= 15 is 0 Å². The first-order chi connectivity index (χ1) is 22.4. The molecule has 0 radical (unpaired) electrons. The molecule has 13 nitrogen and oxygen atoms in total. The summed E-state index contributed by atoms with van der Waals surface area (Å²) in [6.45, 7) is 4.97. The average molecular weight is 653 g/mol. The SMILES string of the molecule is Cc1cc(C(=O)N2CCN(c3c(C)n(CC(=O)Nc4ccc(C(F)(F)F)cc4)c4nc(C5=CCOCC5)nn4c3=O)CC2)c(O)cn1. The van der Waals surface area contributed by atoms with E-state index in [-0.39, 0.29) is 67.1 Å². The Bertz CT molecular complexity index is 1940. The predicted molar refractivity (Wildman–Crippen MR) is 164 cm³/mol. The lowest BCUT2D eigenvalue weighted by atomic mass is 10.1. The van der Waals surface area contributed by atoms with Crippen LogP contribution in [-0.2, 0) is 22.3 Å². The van der Waals surface area contributed by atoms with E-state index in [9.17, 15) is 32.7 Å². The van der Waals surface area contributed by atoms with E-state index in [1.165, 1.54) is 24.4 Å². The molecular formula is C31H31F3N8O5. The van der Waals surface area contributed by atoms with Gasteiger partial charge in [0.2, 0.25) is 11.7 Å². The van der Waals surface area contributed by atoms with Gasteiger partial charge in [0, 0.05) is 43.3 Å². The number of carbonyl (C=O) groups excluding carboxylic acids is 2. The Kier molecular flexibility index (Phi) is 8.44. The summed E-state index contributed by atoms with van der Waals surface area (Å²) in [5.41, 5.74) is 1.09. The summed E-state index contributed by atoms with van der Waals surface area (Å²) in [5, 5.41) is 17.3. The van der Waals surface area contributed by atoms with Gasteiger partial charge in [-0.3, -0.25) is 19.4 Å². The van der Waals surface area contributed by atoms with Crippen molar-refractivity contribution < 1.29 is 32.6 Å². The lowest BCUT2D eigenvalue weighted by Crippen LogP contribution is -2.50. The third kappa shape index (κ3) is 6.40. The van der Waals surface area contributed by atoms with Crippen LogP contribution in [0.15, 0.2) is 47.4 Å². The lowest BCUT2D eigenvalue weighted by Gasteiger charge is -2.36. The van der Waals surface area contributed by atoms with Crippen LogP contribution in [0.25, 0.3) is 11.4 Å². The van der Waals surface area contributed by atoms with Gasteiger partial charge in [-0.1, -0.05) is 6.08 Å². The lowest BCUT2D eigenvalue weighted by molar-refractivity contribution is -0.137. The number of anilines is 2. The van der Waals surface area contributed by atoms with Gasteiger partial charge in [-0.15, -0.1) is 5.10 Å². The number of alkyl halides is 3. The number of amides is 2. The fraction of sp³-hybridized carbons (Fsp3) is 0.355. The van der Waals surface area contributed by atoms with Crippen LogP contribution in [0.5, 0.6) is 5.75 Å². The number of pyridine rings is 1. The Hall–Kier alpha value is -5.25. The molecule has 1 aromatic carbocycles. The van der Waals surface area contributed by atoms with E-state index in [0.717, 1.165) is 22.2 Å². The summed E-state index contributed by atoms with van der Waals surface area (Å²) in [5.74, 6) is -0.687. The highest BCUT2D eigenvalue weighted by atomic mass is 19.4. The number of rotatable bonds is 6. The number of halogens is 3.